The summed E-state index contributed by atoms with van der Waals surface area (Å²) in [6.45, 7) is 10.5. The van der Waals surface area contributed by atoms with Crippen molar-refractivity contribution in [1.29, 1.82) is 5.26 Å². The molecule has 3 atom stereocenters. The Labute approximate surface area is 203 Å². The molecule has 9 nitrogen and oxygen atoms in total. The number of hydrogen-bond acceptors (Lipinski definition) is 8. The smallest absolute Gasteiger partial charge is 0.293 e. The van der Waals surface area contributed by atoms with Crippen molar-refractivity contribution in [3.63, 3.8) is 0 Å². The minimum Gasteiger partial charge on any atom is -0.493 e. The highest BCUT2D eigenvalue weighted by atomic mass is 35.5. The molecule has 0 aliphatic carbocycles. The minimum absolute atomic E-state index is 0.226. The zero-order chi connectivity index (χ0) is 25.0. The van der Waals surface area contributed by atoms with Crippen molar-refractivity contribution in [2.45, 2.75) is 59.6 Å². The average molecular weight is 485 g/mol. The topological polar surface area (TPSA) is 129 Å². The van der Waals surface area contributed by atoms with Crippen molar-refractivity contribution in [3.05, 3.63) is 39.8 Å². The van der Waals surface area contributed by atoms with Crippen LogP contribution in [-0.2, 0) is 9.53 Å². The SMILES string of the molecule is CCOc1c(C(C)n2nc(C)c3c(N)ncnc32)cc(Cl)c(C#N)c1C(CC(C)CC)OC=O. The van der Waals surface area contributed by atoms with E-state index in [0.29, 0.717) is 58.9 Å². The summed E-state index contributed by atoms with van der Waals surface area (Å²) in [5, 5.41) is 15.5. The number of aryl methyl sites for hydroxylation is 1. The molecule has 0 amide bonds. The summed E-state index contributed by atoms with van der Waals surface area (Å²) in [5.41, 5.74) is 8.71. The second kappa shape index (κ2) is 10.7. The normalized spacial score (nSPS) is 13.8. The Morgan fingerprint density at radius 1 is 1.32 bits per heavy atom. The zero-order valence-electron chi connectivity index (χ0n) is 20.0. The molecular formula is C24H29ClN6O3. The Bertz CT molecular complexity index is 1240. The zero-order valence-corrected chi connectivity index (χ0v) is 20.8. The van der Waals surface area contributed by atoms with E-state index in [0.717, 1.165) is 6.42 Å². The van der Waals surface area contributed by atoms with E-state index in [1.807, 2.05) is 20.8 Å². The van der Waals surface area contributed by atoms with Gasteiger partial charge in [0.25, 0.3) is 6.47 Å². The first kappa shape index (κ1) is 25.2. The summed E-state index contributed by atoms with van der Waals surface area (Å²) < 4.78 is 13.3. The molecule has 3 aromatic rings. The van der Waals surface area contributed by atoms with Gasteiger partial charge in [0, 0.05) is 5.56 Å². The molecule has 0 fully saturated rings. The third kappa shape index (κ3) is 4.64. The number of fused-ring (bicyclic) bond motifs is 1. The van der Waals surface area contributed by atoms with Gasteiger partial charge in [-0.05, 0) is 39.2 Å². The number of carbonyl (C=O) groups excluding carboxylic acids is 1. The summed E-state index contributed by atoms with van der Waals surface area (Å²) >= 11 is 6.60. The number of hydrogen-bond donors (Lipinski definition) is 1. The van der Waals surface area contributed by atoms with Gasteiger partial charge in [0.2, 0.25) is 0 Å². The molecule has 0 saturated carbocycles. The lowest BCUT2D eigenvalue weighted by molar-refractivity contribution is -0.134. The molecule has 2 N–H and O–H groups in total. The Morgan fingerprint density at radius 3 is 2.68 bits per heavy atom. The summed E-state index contributed by atoms with van der Waals surface area (Å²) in [7, 11) is 0. The molecule has 2 aromatic heterocycles. The number of nitrogens with two attached hydrogens (primary N) is 1. The lowest BCUT2D eigenvalue weighted by Gasteiger charge is -2.26. The van der Waals surface area contributed by atoms with Crippen molar-refractivity contribution in [2.24, 2.45) is 5.92 Å². The molecule has 0 aliphatic heterocycles. The first-order valence-corrected chi connectivity index (χ1v) is 11.6. The van der Waals surface area contributed by atoms with Gasteiger partial charge >= 0.3 is 0 Å². The van der Waals surface area contributed by atoms with E-state index in [4.69, 9.17) is 26.8 Å². The number of anilines is 1. The molecular weight excluding hydrogens is 456 g/mol. The maximum absolute atomic E-state index is 11.4. The highest BCUT2D eigenvalue weighted by Gasteiger charge is 2.31. The fraction of sp³-hybridized carbons (Fsp3) is 0.458. The molecule has 0 bridgehead atoms. The van der Waals surface area contributed by atoms with E-state index in [1.165, 1.54) is 6.33 Å². The van der Waals surface area contributed by atoms with Gasteiger partial charge in [-0.3, -0.25) is 4.79 Å². The molecule has 3 unspecified atom stereocenters. The third-order valence-electron chi connectivity index (χ3n) is 6.06. The van der Waals surface area contributed by atoms with E-state index < -0.39 is 12.1 Å². The van der Waals surface area contributed by atoms with Gasteiger partial charge in [0.05, 0.1) is 39.9 Å². The summed E-state index contributed by atoms with van der Waals surface area (Å²) in [6, 6.07) is 3.48. The van der Waals surface area contributed by atoms with Crippen molar-refractivity contribution in [1.82, 2.24) is 19.7 Å². The van der Waals surface area contributed by atoms with E-state index in [9.17, 15) is 10.1 Å². The lowest BCUT2D eigenvalue weighted by Crippen LogP contribution is -2.17. The number of ether oxygens (including phenoxy) is 2. The Kier molecular flexibility index (Phi) is 7.94. The van der Waals surface area contributed by atoms with Gasteiger partial charge in [0.15, 0.2) is 5.65 Å². The van der Waals surface area contributed by atoms with E-state index >= 15 is 0 Å². The van der Waals surface area contributed by atoms with Crippen LogP contribution in [0.1, 0.15) is 75.1 Å². The highest BCUT2D eigenvalue weighted by molar-refractivity contribution is 6.32. The number of halogens is 1. The van der Waals surface area contributed by atoms with Gasteiger partial charge < -0.3 is 15.2 Å². The molecule has 10 heteroatoms. The number of nitriles is 1. The van der Waals surface area contributed by atoms with Crippen molar-refractivity contribution < 1.29 is 14.3 Å². The summed E-state index contributed by atoms with van der Waals surface area (Å²) in [6.07, 6.45) is 2.10. The first-order valence-electron chi connectivity index (χ1n) is 11.2. The fourth-order valence-electron chi connectivity index (χ4n) is 4.12. The number of carbonyl (C=O) groups is 1. The minimum atomic E-state index is -0.692. The molecule has 2 heterocycles. The van der Waals surface area contributed by atoms with Crippen molar-refractivity contribution >= 4 is 34.9 Å². The van der Waals surface area contributed by atoms with Crippen LogP contribution in [0.4, 0.5) is 5.82 Å². The maximum Gasteiger partial charge on any atom is 0.293 e. The van der Waals surface area contributed by atoms with Crippen LogP contribution >= 0.6 is 11.6 Å². The van der Waals surface area contributed by atoms with Crippen molar-refractivity contribution in [2.75, 3.05) is 12.3 Å². The predicted octanol–water partition coefficient (Wildman–Crippen LogP) is 4.90. The van der Waals surface area contributed by atoms with E-state index in [-0.39, 0.29) is 16.5 Å². The Hall–Kier alpha value is -3.38. The van der Waals surface area contributed by atoms with Gasteiger partial charge in [-0.15, -0.1) is 0 Å². The molecule has 34 heavy (non-hydrogen) atoms. The largest absolute Gasteiger partial charge is 0.493 e. The van der Waals surface area contributed by atoms with Crippen LogP contribution in [0.2, 0.25) is 5.02 Å². The summed E-state index contributed by atoms with van der Waals surface area (Å²) in [5.74, 6) is 1.04. The van der Waals surface area contributed by atoms with Crippen LogP contribution in [0.25, 0.3) is 11.0 Å². The predicted molar refractivity (Wildman–Crippen MR) is 130 cm³/mol. The van der Waals surface area contributed by atoms with E-state index in [1.54, 1.807) is 10.7 Å². The second-order valence-electron chi connectivity index (χ2n) is 8.24. The van der Waals surface area contributed by atoms with Crippen LogP contribution in [0.3, 0.4) is 0 Å². The van der Waals surface area contributed by atoms with Crippen molar-refractivity contribution in [3.8, 4) is 11.8 Å². The lowest BCUT2D eigenvalue weighted by atomic mass is 9.90. The molecule has 0 aliphatic rings. The molecule has 0 radical (unpaired) electrons. The van der Waals surface area contributed by atoms with E-state index in [2.05, 4.69) is 35.0 Å². The van der Waals surface area contributed by atoms with Crippen LogP contribution in [-0.4, -0.2) is 32.8 Å². The van der Waals surface area contributed by atoms with Gasteiger partial charge in [-0.2, -0.15) is 10.4 Å². The van der Waals surface area contributed by atoms with Crippen LogP contribution < -0.4 is 10.5 Å². The molecule has 1 aromatic carbocycles. The number of nitrogens with zero attached hydrogens (tertiary/aromatic N) is 5. The van der Waals surface area contributed by atoms with Crippen LogP contribution in [0, 0.1) is 24.2 Å². The molecule has 3 rings (SSSR count). The molecule has 180 valence electrons. The van der Waals surface area contributed by atoms with Gasteiger partial charge in [-0.25, -0.2) is 14.6 Å². The standard InChI is InChI=1S/C24H29ClN6O3/c1-6-13(3)8-19(34-12-32)21-17(10-26)18(25)9-16(22(21)33-7-2)15(5)31-24-20(14(4)30-31)23(27)28-11-29-24/h9,11-13,15,19H,6-8H2,1-5H3,(H2,27,28,29). The third-order valence-corrected chi connectivity index (χ3v) is 6.36. The van der Waals surface area contributed by atoms with Gasteiger partial charge in [0.1, 0.15) is 30.1 Å². The average Bonchev–Trinajstić information content (AvgIpc) is 3.16. The fourth-order valence-corrected chi connectivity index (χ4v) is 4.38. The Balaban J connectivity index is 2.29. The van der Waals surface area contributed by atoms with Crippen LogP contribution in [0.5, 0.6) is 5.75 Å². The Morgan fingerprint density at radius 2 is 2.06 bits per heavy atom. The van der Waals surface area contributed by atoms with Gasteiger partial charge in [-0.1, -0.05) is 31.9 Å². The number of rotatable bonds is 10. The monoisotopic (exact) mass is 484 g/mol. The number of benzene rings is 1. The number of nitrogen functional groups attached to an aromatic ring is 1. The molecule has 0 saturated heterocycles. The van der Waals surface area contributed by atoms with Crippen LogP contribution in [0.15, 0.2) is 12.4 Å². The highest BCUT2D eigenvalue weighted by Crippen LogP contribution is 2.44. The molecule has 0 spiro atoms. The first-order chi connectivity index (χ1) is 16.3. The second-order valence-corrected chi connectivity index (χ2v) is 8.65. The number of aromatic nitrogens is 4. The summed E-state index contributed by atoms with van der Waals surface area (Å²) in [4.78, 5) is 19.9. The quantitative estimate of drug-likeness (QED) is 0.402. The maximum atomic E-state index is 11.4.